The second-order valence-electron chi connectivity index (χ2n) is 7.22. The molecule has 4 heterocycles. The summed E-state index contributed by atoms with van der Waals surface area (Å²) in [5.41, 5.74) is 0.705. The standard InChI is InChI=1S/C19H25N3O2S/c1-13-5-6-15(25-13)9-22-10-16-14(12-24-18(16)11-22)8-20-19(23)17-4-3-7-21(17)2/h3-7,14,16,18H,8-12H2,1-2H3,(H,20,23)/t14-,16+,18+/m1/s1. The Kier molecular flexibility index (Phi) is 4.67. The highest BCUT2D eigenvalue weighted by Crippen LogP contribution is 2.34. The van der Waals surface area contributed by atoms with Crippen molar-refractivity contribution >= 4 is 17.2 Å². The van der Waals surface area contributed by atoms with E-state index in [9.17, 15) is 4.79 Å². The molecule has 0 aliphatic carbocycles. The third-order valence-electron chi connectivity index (χ3n) is 5.39. The third kappa shape index (κ3) is 3.52. The van der Waals surface area contributed by atoms with Gasteiger partial charge in [0, 0.05) is 61.0 Å². The predicted molar refractivity (Wildman–Crippen MR) is 98.8 cm³/mol. The normalized spacial score (nSPS) is 26.1. The number of hydrogen-bond acceptors (Lipinski definition) is 4. The molecule has 25 heavy (non-hydrogen) atoms. The summed E-state index contributed by atoms with van der Waals surface area (Å²) in [5, 5.41) is 3.09. The Bertz CT molecular complexity index is 753. The Morgan fingerprint density at radius 3 is 2.96 bits per heavy atom. The SMILES string of the molecule is Cc1ccc(CN2C[C@H]3[C@H](CNC(=O)c4cccn4C)CO[C@H]3C2)s1. The summed E-state index contributed by atoms with van der Waals surface area (Å²) in [4.78, 5) is 17.6. The van der Waals surface area contributed by atoms with Gasteiger partial charge in [0.1, 0.15) is 5.69 Å². The number of carbonyl (C=O) groups excluding carboxylic acids is 1. The summed E-state index contributed by atoms with van der Waals surface area (Å²) in [5.74, 6) is 0.930. The second kappa shape index (κ2) is 6.94. The maximum atomic E-state index is 12.3. The molecule has 2 aliphatic heterocycles. The van der Waals surface area contributed by atoms with Crippen molar-refractivity contribution in [1.29, 1.82) is 0 Å². The van der Waals surface area contributed by atoms with Crippen molar-refractivity contribution in [3.8, 4) is 0 Å². The number of aromatic nitrogens is 1. The fourth-order valence-corrected chi connectivity index (χ4v) is 4.95. The van der Waals surface area contributed by atoms with E-state index in [-0.39, 0.29) is 5.91 Å². The number of carbonyl (C=O) groups is 1. The van der Waals surface area contributed by atoms with E-state index in [0.717, 1.165) is 26.2 Å². The summed E-state index contributed by atoms with van der Waals surface area (Å²) in [6, 6.07) is 8.16. The van der Waals surface area contributed by atoms with Crippen LogP contribution in [0.1, 0.15) is 20.2 Å². The first kappa shape index (κ1) is 16.8. The summed E-state index contributed by atoms with van der Waals surface area (Å²) in [6.45, 7) is 6.68. The van der Waals surface area contributed by atoms with E-state index in [2.05, 4.69) is 29.3 Å². The van der Waals surface area contributed by atoms with E-state index in [1.807, 2.05) is 41.3 Å². The lowest BCUT2D eigenvalue weighted by Gasteiger charge is -2.19. The maximum Gasteiger partial charge on any atom is 0.267 e. The number of likely N-dealkylation sites (tertiary alicyclic amines) is 1. The summed E-state index contributed by atoms with van der Waals surface area (Å²) in [6.07, 6.45) is 2.21. The molecule has 2 saturated heterocycles. The lowest BCUT2D eigenvalue weighted by atomic mass is 9.93. The molecule has 5 nitrogen and oxygen atoms in total. The number of ether oxygens (including phenoxy) is 1. The fourth-order valence-electron chi connectivity index (χ4n) is 4.02. The zero-order valence-corrected chi connectivity index (χ0v) is 15.6. The van der Waals surface area contributed by atoms with E-state index in [1.165, 1.54) is 9.75 Å². The van der Waals surface area contributed by atoms with Crippen LogP contribution in [0.25, 0.3) is 0 Å². The first-order valence-electron chi connectivity index (χ1n) is 8.89. The molecule has 3 atom stereocenters. The largest absolute Gasteiger partial charge is 0.376 e. The minimum Gasteiger partial charge on any atom is -0.376 e. The Balaban J connectivity index is 1.31. The maximum absolute atomic E-state index is 12.3. The van der Waals surface area contributed by atoms with Crippen molar-refractivity contribution in [1.82, 2.24) is 14.8 Å². The first-order chi connectivity index (χ1) is 12.1. The van der Waals surface area contributed by atoms with Gasteiger partial charge in [-0.1, -0.05) is 0 Å². The van der Waals surface area contributed by atoms with Gasteiger partial charge in [-0.05, 0) is 31.2 Å². The molecule has 0 radical (unpaired) electrons. The molecule has 1 amide bonds. The molecule has 2 aromatic rings. The van der Waals surface area contributed by atoms with Crippen LogP contribution in [0.15, 0.2) is 30.5 Å². The molecule has 1 N–H and O–H groups in total. The smallest absolute Gasteiger partial charge is 0.267 e. The van der Waals surface area contributed by atoms with Crippen molar-refractivity contribution in [2.24, 2.45) is 18.9 Å². The van der Waals surface area contributed by atoms with Gasteiger partial charge in [0.2, 0.25) is 0 Å². The van der Waals surface area contributed by atoms with Crippen LogP contribution in [0.5, 0.6) is 0 Å². The molecule has 2 aliphatic rings. The number of amides is 1. The number of aryl methyl sites for hydroxylation is 2. The molecule has 134 valence electrons. The summed E-state index contributed by atoms with van der Waals surface area (Å²) < 4.78 is 7.87. The number of fused-ring (bicyclic) bond motifs is 1. The van der Waals surface area contributed by atoms with Crippen LogP contribution in [0, 0.1) is 18.8 Å². The number of thiophene rings is 1. The van der Waals surface area contributed by atoms with Crippen molar-refractivity contribution in [2.75, 3.05) is 26.2 Å². The zero-order chi connectivity index (χ0) is 17.4. The van der Waals surface area contributed by atoms with Crippen LogP contribution in [0.2, 0.25) is 0 Å². The van der Waals surface area contributed by atoms with Crippen LogP contribution >= 0.6 is 11.3 Å². The highest BCUT2D eigenvalue weighted by molar-refractivity contribution is 7.11. The Labute approximate surface area is 152 Å². The Hall–Kier alpha value is -1.63. The van der Waals surface area contributed by atoms with Gasteiger partial charge in [-0.2, -0.15) is 0 Å². The molecular weight excluding hydrogens is 334 g/mol. The second-order valence-corrected chi connectivity index (χ2v) is 8.59. The molecular formula is C19H25N3O2S. The van der Waals surface area contributed by atoms with Crippen molar-refractivity contribution in [3.05, 3.63) is 45.9 Å². The van der Waals surface area contributed by atoms with Crippen LogP contribution in [0.3, 0.4) is 0 Å². The highest BCUT2D eigenvalue weighted by Gasteiger charge is 2.43. The molecule has 0 saturated carbocycles. The number of hydrogen-bond donors (Lipinski definition) is 1. The van der Waals surface area contributed by atoms with E-state index < -0.39 is 0 Å². The minimum absolute atomic E-state index is 0.000126. The molecule has 0 bridgehead atoms. The van der Waals surface area contributed by atoms with Gasteiger partial charge in [0.15, 0.2) is 0 Å². The predicted octanol–water partition coefficient (Wildman–Crippen LogP) is 2.27. The Morgan fingerprint density at radius 1 is 1.36 bits per heavy atom. The van der Waals surface area contributed by atoms with Gasteiger partial charge >= 0.3 is 0 Å². The highest BCUT2D eigenvalue weighted by atomic mass is 32.1. The van der Waals surface area contributed by atoms with Crippen LogP contribution in [0.4, 0.5) is 0 Å². The lowest BCUT2D eigenvalue weighted by molar-refractivity contribution is 0.0900. The molecule has 0 spiro atoms. The topological polar surface area (TPSA) is 46.5 Å². The van der Waals surface area contributed by atoms with Gasteiger partial charge in [-0.15, -0.1) is 11.3 Å². The minimum atomic E-state index is -0.000126. The number of rotatable bonds is 5. The van der Waals surface area contributed by atoms with Crippen molar-refractivity contribution in [2.45, 2.75) is 19.6 Å². The monoisotopic (exact) mass is 359 g/mol. The van der Waals surface area contributed by atoms with E-state index in [4.69, 9.17) is 4.74 Å². The summed E-state index contributed by atoms with van der Waals surface area (Å²) >= 11 is 1.88. The van der Waals surface area contributed by atoms with E-state index in [1.54, 1.807) is 0 Å². The van der Waals surface area contributed by atoms with Crippen molar-refractivity contribution in [3.63, 3.8) is 0 Å². The lowest BCUT2D eigenvalue weighted by Crippen LogP contribution is -2.34. The molecule has 4 rings (SSSR count). The Morgan fingerprint density at radius 2 is 2.24 bits per heavy atom. The molecule has 0 unspecified atom stereocenters. The van der Waals surface area contributed by atoms with Crippen LogP contribution in [-0.4, -0.2) is 47.7 Å². The van der Waals surface area contributed by atoms with Gasteiger partial charge in [0.05, 0.1) is 12.7 Å². The first-order valence-corrected chi connectivity index (χ1v) is 9.70. The van der Waals surface area contributed by atoms with Crippen LogP contribution < -0.4 is 5.32 Å². The van der Waals surface area contributed by atoms with E-state index >= 15 is 0 Å². The average Bonchev–Trinajstić information content (AvgIpc) is 3.32. The summed E-state index contributed by atoms with van der Waals surface area (Å²) in [7, 11) is 1.89. The molecule has 2 fully saturated rings. The average molecular weight is 359 g/mol. The van der Waals surface area contributed by atoms with E-state index in [0.29, 0.717) is 30.2 Å². The van der Waals surface area contributed by atoms with Crippen molar-refractivity contribution < 1.29 is 9.53 Å². The molecule has 6 heteroatoms. The molecule has 2 aromatic heterocycles. The number of nitrogens with one attached hydrogen (secondary N) is 1. The van der Waals surface area contributed by atoms with Gasteiger partial charge < -0.3 is 14.6 Å². The molecule has 0 aromatic carbocycles. The van der Waals surface area contributed by atoms with Crippen LogP contribution in [-0.2, 0) is 18.3 Å². The van der Waals surface area contributed by atoms with Gasteiger partial charge in [-0.3, -0.25) is 9.69 Å². The zero-order valence-electron chi connectivity index (χ0n) is 14.8. The number of nitrogens with zero attached hydrogens (tertiary/aromatic N) is 2. The fraction of sp³-hybridized carbons (Fsp3) is 0.526. The quantitative estimate of drug-likeness (QED) is 0.891. The van der Waals surface area contributed by atoms with Gasteiger partial charge in [0.25, 0.3) is 5.91 Å². The third-order valence-corrected chi connectivity index (χ3v) is 6.38. The van der Waals surface area contributed by atoms with Gasteiger partial charge in [-0.25, -0.2) is 0 Å².